The second kappa shape index (κ2) is 7.88. The first-order valence-electron chi connectivity index (χ1n) is 7.89. The Bertz CT molecular complexity index is 1070. The fraction of sp³-hybridized carbons (Fsp3) is 0.222. The Morgan fingerprint density at radius 1 is 1.25 bits per heavy atom. The molecule has 0 saturated heterocycles. The van der Waals surface area contributed by atoms with E-state index in [1.807, 2.05) is 0 Å². The average molecular weight is 429 g/mol. The highest BCUT2D eigenvalue weighted by Gasteiger charge is 2.25. The molecule has 0 fully saturated rings. The normalized spacial score (nSPS) is 11.2. The van der Waals surface area contributed by atoms with E-state index < -0.39 is 23.5 Å². The minimum atomic E-state index is -2.60. The van der Waals surface area contributed by atoms with E-state index in [4.69, 9.17) is 9.47 Å². The number of halogens is 3. The summed E-state index contributed by atoms with van der Waals surface area (Å²) in [6, 6.07) is 5.29. The van der Waals surface area contributed by atoms with Crippen molar-refractivity contribution < 1.29 is 32.2 Å². The van der Waals surface area contributed by atoms with Crippen molar-refractivity contribution in [1.82, 2.24) is 4.57 Å². The van der Waals surface area contributed by atoms with Gasteiger partial charge < -0.3 is 9.47 Å². The van der Waals surface area contributed by atoms with Crippen LogP contribution in [0.4, 0.5) is 13.2 Å². The number of esters is 1. The molecule has 0 unspecified atom stereocenters. The van der Waals surface area contributed by atoms with Crippen LogP contribution in [0.1, 0.15) is 22.3 Å². The van der Waals surface area contributed by atoms with Crippen LogP contribution in [0.2, 0.25) is 0 Å². The van der Waals surface area contributed by atoms with Crippen LogP contribution in [0, 0.1) is 12.7 Å². The fourth-order valence-electron chi connectivity index (χ4n) is 2.77. The number of rotatable bonds is 5. The van der Waals surface area contributed by atoms with Crippen molar-refractivity contribution in [2.45, 2.75) is 23.8 Å². The van der Waals surface area contributed by atoms with E-state index in [2.05, 4.69) is 0 Å². The summed E-state index contributed by atoms with van der Waals surface area (Å²) in [4.78, 5) is 24.7. The molecule has 0 amide bonds. The van der Waals surface area contributed by atoms with E-state index in [0.29, 0.717) is 17.1 Å². The lowest BCUT2D eigenvalue weighted by Gasteiger charge is -2.06. The number of hydrogen-bond acceptors (Lipinski definition) is 6. The third kappa shape index (κ3) is 3.74. The number of nitrogens with zero attached hydrogens (tertiary/aromatic N) is 1. The maximum absolute atomic E-state index is 14.3. The Morgan fingerprint density at radius 2 is 1.96 bits per heavy atom. The molecule has 0 radical (unpaired) electrons. The van der Waals surface area contributed by atoms with Crippen molar-refractivity contribution in [2.75, 3.05) is 7.11 Å². The van der Waals surface area contributed by atoms with Crippen molar-refractivity contribution in [1.29, 1.82) is 0 Å². The Hall–Kier alpha value is -2.46. The number of thioether (sulfide) groups is 1. The molecule has 3 aromatic rings. The summed E-state index contributed by atoms with van der Waals surface area (Å²) in [5, 5.41) is 0.318. The number of thiophene rings is 1. The molecule has 0 saturated carbocycles. The van der Waals surface area contributed by atoms with Gasteiger partial charge in [-0.3, -0.25) is 14.2 Å². The Morgan fingerprint density at radius 3 is 2.57 bits per heavy atom. The van der Waals surface area contributed by atoms with Gasteiger partial charge in [-0.2, -0.15) is 8.78 Å². The summed E-state index contributed by atoms with van der Waals surface area (Å²) in [6.45, 7) is 2.75. The molecule has 0 aliphatic rings. The highest BCUT2D eigenvalue weighted by atomic mass is 32.2. The van der Waals surface area contributed by atoms with Gasteiger partial charge in [0.05, 0.1) is 27.4 Å². The molecule has 0 aliphatic carbocycles. The first-order valence-corrected chi connectivity index (χ1v) is 9.58. The van der Waals surface area contributed by atoms with Crippen LogP contribution in [0.3, 0.4) is 0 Å². The molecule has 2 aromatic heterocycles. The lowest BCUT2D eigenvalue weighted by molar-refractivity contribution is -0.131. The lowest BCUT2D eigenvalue weighted by Crippen LogP contribution is -2.12. The highest BCUT2D eigenvalue weighted by molar-refractivity contribution is 8.01. The van der Waals surface area contributed by atoms with Crippen LogP contribution in [-0.2, 0) is 4.79 Å². The van der Waals surface area contributed by atoms with E-state index in [9.17, 15) is 22.8 Å². The van der Waals surface area contributed by atoms with Crippen molar-refractivity contribution >= 4 is 45.9 Å². The molecule has 10 heteroatoms. The maximum atomic E-state index is 14.3. The highest BCUT2D eigenvalue weighted by Crippen LogP contribution is 2.38. The van der Waals surface area contributed by atoms with Gasteiger partial charge in [0.1, 0.15) is 0 Å². The van der Waals surface area contributed by atoms with E-state index in [1.165, 1.54) is 36.8 Å². The number of carbonyl (C=O) groups is 2. The number of benzene rings is 1. The quantitative estimate of drug-likeness (QED) is 0.418. The van der Waals surface area contributed by atoms with Gasteiger partial charge in [0, 0.05) is 18.4 Å². The largest absolute Gasteiger partial charge is 0.494 e. The fourth-order valence-corrected chi connectivity index (χ4v) is 4.44. The van der Waals surface area contributed by atoms with Crippen LogP contribution in [0.15, 0.2) is 28.5 Å². The molecule has 2 heterocycles. The summed E-state index contributed by atoms with van der Waals surface area (Å²) < 4.78 is 51.0. The van der Waals surface area contributed by atoms with Crippen LogP contribution in [0.5, 0.6) is 11.5 Å². The summed E-state index contributed by atoms with van der Waals surface area (Å²) in [7, 11) is 1.29. The van der Waals surface area contributed by atoms with Gasteiger partial charge in [0.25, 0.3) is 11.7 Å². The SMILES string of the molecule is COc1cc2c(OC(C)=O)c(C)n(C(=O)c3ccc(SC(F)F)s3)c2cc1F. The van der Waals surface area contributed by atoms with Gasteiger partial charge in [0.15, 0.2) is 17.3 Å². The Balaban J connectivity index is 2.18. The van der Waals surface area contributed by atoms with Gasteiger partial charge in [-0.1, -0.05) is 0 Å². The smallest absolute Gasteiger partial charge is 0.308 e. The standard InChI is InChI=1S/C18H14F3NO4S2/c1-8-16(26-9(2)23)10-6-13(25-3)11(19)7-12(10)22(8)17(24)14-4-5-15(27-14)28-18(20)21/h4-7,18H,1-3H3. The van der Waals surface area contributed by atoms with E-state index in [1.54, 1.807) is 6.92 Å². The molecular formula is C18H14F3NO4S2. The molecule has 5 nitrogen and oxygen atoms in total. The molecular weight excluding hydrogens is 415 g/mol. The molecule has 0 bridgehead atoms. The minimum absolute atomic E-state index is 0.0720. The van der Waals surface area contributed by atoms with Crippen LogP contribution in [0.25, 0.3) is 10.9 Å². The van der Waals surface area contributed by atoms with Crippen LogP contribution < -0.4 is 9.47 Å². The number of aromatic nitrogens is 1. The second-order valence-corrected chi connectivity index (χ2v) is 8.02. The number of methoxy groups -OCH3 is 1. The molecule has 0 atom stereocenters. The van der Waals surface area contributed by atoms with Crippen molar-refractivity contribution in [2.24, 2.45) is 0 Å². The molecule has 0 N–H and O–H groups in total. The summed E-state index contributed by atoms with van der Waals surface area (Å²) in [5.74, 6) is -4.42. The van der Waals surface area contributed by atoms with Crippen molar-refractivity contribution in [3.63, 3.8) is 0 Å². The number of alkyl halides is 2. The van der Waals surface area contributed by atoms with Crippen molar-refractivity contribution in [3.8, 4) is 11.5 Å². The molecule has 28 heavy (non-hydrogen) atoms. The molecule has 3 rings (SSSR count). The predicted octanol–water partition coefficient (Wildman–Crippen LogP) is 5.09. The molecule has 148 valence electrons. The van der Waals surface area contributed by atoms with Gasteiger partial charge in [0.2, 0.25) is 0 Å². The minimum Gasteiger partial charge on any atom is -0.494 e. The van der Waals surface area contributed by atoms with E-state index >= 15 is 0 Å². The molecule has 0 aliphatic heterocycles. The average Bonchev–Trinajstić information content (AvgIpc) is 3.16. The summed E-state index contributed by atoms with van der Waals surface area (Å²) >= 11 is 1.24. The number of hydrogen-bond donors (Lipinski definition) is 0. The second-order valence-electron chi connectivity index (χ2n) is 5.65. The zero-order valence-electron chi connectivity index (χ0n) is 14.9. The Kier molecular flexibility index (Phi) is 5.71. The summed E-state index contributed by atoms with van der Waals surface area (Å²) in [5.41, 5.74) is 0.452. The first kappa shape index (κ1) is 20.3. The first-order chi connectivity index (χ1) is 13.2. The van der Waals surface area contributed by atoms with Crippen LogP contribution >= 0.6 is 23.1 Å². The van der Waals surface area contributed by atoms with Gasteiger partial charge in [-0.05, 0) is 36.9 Å². The number of ether oxygens (including phenoxy) is 2. The number of fused-ring (bicyclic) bond motifs is 1. The predicted molar refractivity (Wildman–Crippen MR) is 100 cm³/mol. The number of carbonyl (C=O) groups excluding carboxylic acids is 2. The Labute approximate surface area is 166 Å². The van der Waals surface area contributed by atoms with Crippen LogP contribution in [-0.4, -0.2) is 29.3 Å². The third-order valence-corrected chi connectivity index (χ3v) is 5.82. The van der Waals surface area contributed by atoms with Gasteiger partial charge in [-0.15, -0.1) is 11.3 Å². The third-order valence-electron chi connectivity index (χ3n) is 3.87. The van der Waals surface area contributed by atoms with Gasteiger partial charge >= 0.3 is 5.97 Å². The maximum Gasteiger partial charge on any atom is 0.308 e. The summed E-state index contributed by atoms with van der Waals surface area (Å²) in [6.07, 6.45) is 0. The molecule has 0 spiro atoms. The zero-order valence-corrected chi connectivity index (χ0v) is 16.6. The molecule has 1 aromatic carbocycles. The topological polar surface area (TPSA) is 57.5 Å². The van der Waals surface area contributed by atoms with E-state index in [0.717, 1.165) is 17.4 Å². The van der Waals surface area contributed by atoms with Gasteiger partial charge in [-0.25, -0.2) is 4.39 Å². The monoisotopic (exact) mass is 429 g/mol. The van der Waals surface area contributed by atoms with Crippen molar-refractivity contribution in [3.05, 3.63) is 40.7 Å². The zero-order chi connectivity index (χ0) is 20.6. The van der Waals surface area contributed by atoms with E-state index in [-0.39, 0.29) is 31.8 Å². The lowest BCUT2D eigenvalue weighted by atomic mass is 10.2.